The number of aromatic nitrogens is 2. The van der Waals surface area contributed by atoms with Crippen LogP contribution in [0.4, 0.5) is 0 Å². The maximum Gasteiger partial charge on any atom is 0.356 e. The molecule has 0 spiro atoms. The van der Waals surface area contributed by atoms with Crippen LogP contribution in [-0.4, -0.2) is 35.8 Å². The zero-order chi connectivity index (χ0) is 17.0. The molecule has 1 aliphatic rings. The first kappa shape index (κ1) is 16.7. The Hall–Kier alpha value is -2.14. The molecule has 24 heavy (non-hydrogen) atoms. The summed E-state index contributed by atoms with van der Waals surface area (Å²) in [5.74, 6) is -0.322. The maximum absolute atomic E-state index is 12.5. The Labute approximate surface area is 142 Å². The van der Waals surface area contributed by atoms with Gasteiger partial charge in [0.05, 0.1) is 31.8 Å². The zero-order valence-electron chi connectivity index (χ0n) is 14.3. The molecule has 1 unspecified atom stereocenters. The fourth-order valence-electron chi connectivity index (χ4n) is 3.27. The standard InChI is InChI=1S/C19H24N2O3/c1-15(16-7-4-3-5-8-16)21-14-20-11-17(21)18(22)24-13-19(12-23-2)9-6-10-19/h3-5,7-8,11,14-15H,6,9-10,12-13H2,1-2H3. The molecule has 1 atom stereocenters. The number of methoxy groups -OCH3 is 1. The molecule has 128 valence electrons. The number of nitrogens with zero attached hydrogens (tertiary/aromatic N) is 2. The normalized spacial score (nSPS) is 17.1. The molecule has 0 aliphatic heterocycles. The van der Waals surface area contributed by atoms with E-state index in [1.165, 1.54) is 6.42 Å². The van der Waals surface area contributed by atoms with Gasteiger partial charge in [-0.25, -0.2) is 9.78 Å². The lowest BCUT2D eigenvalue weighted by Gasteiger charge is -2.40. The first-order chi connectivity index (χ1) is 11.7. The second kappa shape index (κ2) is 7.18. The third-order valence-corrected chi connectivity index (χ3v) is 4.95. The number of carbonyl (C=O) groups is 1. The van der Waals surface area contributed by atoms with Gasteiger partial charge in [-0.3, -0.25) is 0 Å². The van der Waals surface area contributed by atoms with Gasteiger partial charge in [-0.05, 0) is 25.3 Å². The number of esters is 1. The van der Waals surface area contributed by atoms with Gasteiger partial charge in [0.25, 0.3) is 0 Å². The number of rotatable bonds is 7. The highest BCUT2D eigenvalue weighted by Crippen LogP contribution is 2.41. The third-order valence-electron chi connectivity index (χ3n) is 4.95. The fourth-order valence-corrected chi connectivity index (χ4v) is 3.27. The van der Waals surface area contributed by atoms with Gasteiger partial charge in [0.1, 0.15) is 5.69 Å². The van der Waals surface area contributed by atoms with E-state index >= 15 is 0 Å². The highest BCUT2D eigenvalue weighted by molar-refractivity contribution is 5.87. The van der Waals surface area contributed by atoms with Crippen LogP contribution in [0.25, 0.3) is 0 Å². The molecular formula is C19H24N2O3. The minimum absolute atomic E-state index is 0.000305. The zero-order valence-corrected chi connectivity index (χ0v) is 14.3. The van der Waals surface area contributed by atoms with Crippen molar-refractivity contribution in [3.63, 3.8) is 0 Å². The minimum atomic E-state index is -0.322. The number of carbonyl (C=O) groups excluding carboxylic acids is 1. The number of hydrogen-bond donors (Lipinski definition) is 0. The van der Waals surface area contributed by atoms with Gasteiger partial charge >= 0.3 is 5.97 Å². The van der Waals surface area contributed by atoms with Crippen LogP contribution >= 0.6 is 0 Å². The predicted molar refractivity (Wildman–Crippen MR) is 90.9 cm³/mol. The number of imidazole rings is 1. The van der Waals surface area contributed by atoms with E-state index in [9.17, 15) is 4.79 Å². The Morgan fingerprint density at radius 2 is 2.04 bits per heavy atom. The van der Waals surface area contributed by atoms with Crippen molar-refractivity contribution >= 4 is 5.97 Å². The molecule has 1 fully saturated rings. The Morgan fingerprint density at radius 3 is 2.67 bits per heavy atom. The molecule has 5 nitrogen and oxygen atoms in total. The van der Waals surface area contributed by atoms with Gasteiger partial charge < -0.3 is 14.0 Å². The molecule has 0 bridgehead atoms. The first-order valence-electron chi connectivity index (χ1n) is 8.38. The van der Waals surface area contributed by atoms with Crippen LogP contribution in [0.3, 0.4) is 0 Å². The SMILES string of the molecule is COCC1(COC(=O)c2cncn2C(C)c2ccccc2)CCC1. The third kappa shape index (κ3) is 3.36. The molecule has 0 N–H and O–H groups in total. The van der Waals surface area contributed by atoms with Gasteiger partial charge in [0.2, 0.25) is 0 Å². The molecule has 1 heterocycles. The lowest BCUT2D eigenvalue weighted by Crippen LogP contribution is -2.39. The van der Waals surface area contributed by atoms with Crippen LogP contribution < -0.4 is 0 Å². The molecule has 0 amide bonds. The Bertz CT molecular complexity index is 677. The summed E-state index contributed by atoms with van der Waals surface area (Å²) in [7, 11) is 1.69. The summed E-state index contributed by atoms with van der Waals surface area (Å²) in [5.41, 5.74) is 1.61. The van der Waals surface area contributed by atoms with Crippen LogP contribution in [0.2, 0.25) is 0 Å². The summed E-state index contributed by atoms with van der Waals surface area (Å²) in [5, 5.41) is 0. The second-order valence-electron chi connectivity index (χ2n) is 6.64. The average Bonchev–Trinajstić information content (AvgIpc) is 3.06. The number of benzene rings is 1. The van der Waals surface area contributed by atoms with Gasteiger partial charge in [-0.2, -0.15) is 0 Å². The Morgan fingerprint density at radius 1 is 1.29 bits per heavy atom. The topological polar surface area (TPSA) is 53.4 Å². The van der Waals surface area contributed by atoms with Crippen LogP contribution in [0.5, 0.6) is 0 Å². The molecule has 0 saturated heterocycles. The molecule has 1 aromatic heterocycles. The van der Waals surface area contributed by atoms with E-state index in [0.717, 1.165) is 18.4 Å². The van der Waals surface area contributed by atoms with E-state index in [4.69, 9.17) is 9.47 Å². The lowest BCUT2D eigenvalue weighted by molar-refractivity contribution is -0.0406. The first-order valence-corrected chi connectivity index (χ1v) is 8.38. The summed E-state index contributed by atoms with van der Waals surface area (Å²) >= 11 is 0. The van der Waals surface area contributed by atoms with E-state index in [1.807, 2.05) is 41.8 Å². The molecular weight excluding hydrogens is 304 g/mol. The quantitative estimate of drug-likeness (QED) is 0.730. The predicted octanol–water partition coefficient (Wildman–Crippen LogP) is 3.47. The molecule has 2 aromatic rings. The maximum atomic E-state index is 12.5. The number of ether oxygens (including phenoxy) is 2. The van der Waals surface area contributed by atoms with E-state index in [2.05, 4.69) is 4.98 Å². The molecule has 5 heteroatoms. The monoisotopic (exact) mass is 328 g/mol. The second-order valence-corrected chi connectivity index (χ2v) is 6.64. The van der Waals surface area contributed by atoms with E-state index in [1.54, 1.807) is 19.6 Å². The van der Waals surface area contributed by atoms with Crippen molar-refractivity contribution in [1.82, 2.24) is 9.55 Å². The van der Waals surface area contributed by atoms with Crippen molar-refractivity contribution in [3.05, 3.63) is 54.1 Å². The van der Waals surface area contributed by atoms with Gasteiger partial charge in [0, 0.05) is 12.5 Å². The van der Waals surface area contributed by atoms with E-state index in [0.29, 0.717) is 18.9 Å². The largest absolute Gasteiger partial charge is 0.460 e. The molecule has 1 aliphatic carbocycles. The fraction of sp³-hybridized carbons (Fsp3) is 0.474. The summed E-state index contributed by atoms with van der Waals surface area (Å²) in [6.07, 6.45) is 6.53. The van der Waals surface area contributed by atoms with Crippen molar-refractivity contribution in [3.8, 4) is 0 Å². The van der Waals surface area contributed by atoms with E-state index < -0.39 is 0 Å². The van der Waals surface area contributed by atoms with Crippen LogP contribution in [-0.2, 0) is 9.47 Å². The van der Waals surface area contributed by atoms with Crippen molar-refractivity contribution in [1.29, 1.82) is 0 Å². The van der Waals surface area contributed by atoms with Crippen LogP contribution in [0, 0.1) is 5.41 Å². The average molecular weight is 328 g/mol. The highest BCUT2D eigenvalue weighted by Gasteiger charge is 2.38. The van der Waals surface area contributed by atoms with Crippen molar-refractivity contribution in [2.75, 3.05) is 20.3 Å². The van der Waals surface area contributed by atoms with Crippen molar-refractivity contribution in [2.45, 2.75) is 32.2 Å². The van der Waals surface area contributed by atoms with Crippen molar-refractivity contribution < 1.29 is 14.3 Å². The Kier molecular flexibility index (Phi) is 5.00. The van der Waals surface area contributed by atoms with Crippen LogP contribution in [0.1, 0.15) is 48.3 Å². The molecule has 0 radical (unpaired) electrons. The highest BCUT2D eigenvalue weighted by atomic mass is 16.5. The summed E-state index contributed by atoms with van der Waals surface area (Å²) < 4.78 is 12.7. The molecule has 1 saturated carbocycles. The van der Waals surface area contributed by atoms with Gasteiger partial charge in [-0.1, -0.05) is 36.8 Å². The lowest BCUT2D eigenvalue weighted by atomic mass is 9.70. The summed E-state index contributed by atoms with van der Waals surface area (Å²) in [6, 6.07) is 10.1. The van der Waals surface area contributed by atoms with Crippen LogP contribution in [0.15, 0.2) is 42.9 Å². The van der Waals surface area contributed by atoms with E-state index in [-0.39, 0.29) is 17.4 Å². The summed E-state index contributed by atoms with van der Waals surface area (Å²) in [4.78, 5) is 16.7. The number of hydrogen-bond acceptors (Lipinski definition) is 4. The minimum Gasteiger partial charge on any atom is -0.460 e. The molecule has 1 aromatic carbocycles. The Balaban J connectivity index is 1.69. The molecule has 3 rings (SSSR count). The van der Waals surface area contributed by atoms with Gasteiger partial charge in [-0.15, -0.1) is 0 Å². The van der Waals surface area contributed by atoms with Gasteiger partial charge in [0.15, 0.2) is 0 Å². The van der Waals surface area contributed by atoms with Crippen molar-refractivity contribution in [2.24, 2.45) is 5.41 Å². The smallest absolute Gasteiger partial charge is 0.356 e. The summed E-state index contributed by atoms with van der Waals surface area (Å²) in [6.45, 7) is 3.09.